The molecule has 0 fully saturated rings. The van der Waals surface area contributed by atoms with Crippen molar-refractivity contribution in [3.8, 4) is 0 Å². The van der Waals surface area contributed by atoms with E-state index in [4.69, 9.17) is 0 Å². The van der Waals surface area contributed by atoms with Gasteiger partial charge in [0, 0.05) is 31.4 Å². The van der Waals surface area contributed by atoms with E-state index in [2.05, 4.69) is 31.0 Å². The number of aliphatic hydroxyl groups excluding tert-OH is 1. The number of hydrogen-bond donors (Lipinski definition) is 2. The van der Waals surface area contributed by atoms with E-state index in [0.717, 1.165) is 5.69 Å². The fraction of sp³-hybridized carbons (Fsp3) is 0.571. The molecule has 0 aromatic heterocycles. The molecule has 17 heavy (non-hydrogen) atoms. The van der Waals surface area contributed by atoms with Crippen molar-refractivity contribution in [3.63, 3.8) is 0 Å². The van der Waals surface area contributed by atoms with Crippen LogP contribution in [-0.4, -0.2) is 36.9 Å². The standard InChI is InChI=1S/C14H24N2O/c1-14(2,3)15-10-13(17)11-16(4)12-8-6-5-7-9-12/h5-9,13,15,17H,10-11H2,1-4H3. The van der Waals surface area contributed by atoms with Gasteiger partial charge in [0.15, 0.2) is 0 Å². The zero-order valence-electron chi connectivity index (χ0n) is 11.3. The van der Waals surface area contributed by atoms with Crippen LogP contribution in [0.1, 0.15) is 20.8 Å². The van der Waals surface area contributed by atoms with E-state index in [1.807, 2.05) is 37.4 Å². The fourth-order valence-electron chi connectivity index (χ4n) is 1.59. The van der Waals surface area contributed by atoms with Gasteiger partial charge >= 0.3 is 0 Å². The van der Waals surface area contributed by atoms with Crippen molar-refractivity contribution < 1.29 is 5.11 Å². The first-order valence-electron chi connectivity index (χ1n) is 6.08. The zero-order valence-corrected chi connectivity index (χ0v) is 11.3. The van der Waals surface area contributed by atoms with Gasteiger partial charge < -0.3 is 15.3 Å². The molecular weight excluding hydrogens is 212 g/mol. The van der Waals surface area contributed by atoms with Crippen LogP contribution in [-0.2, 0) is 0 Å². The van der Waals surface area contributed by atoms with Crippen molar-refractivity contribution in [1.29, 1.82) is 0 Å². The lowest BCUT2D eigenvalue weighted by atomic mass is 10.1. The Morgan fingerprint density at radius 1 is 1.24 bits per heavy atom. The molecule has 1 aromatic carbocycles. The van der Waals surface area contributed by atoms with Crippen molar-refractivity contribution in [2.75, 3.05) is 25.0 Å². The van der Waals surface area contributed by atoms with Gasteiger partial charge in [-0.3, -0.25) is 0 Å². The number of nitrogens with one attached hydrogen (secondary N) is 1. The minimum Gasteiger partial charge on any atom is -0.390 e. The van der Waals surface area contributed by atoms with Crippen LogP contribution < -0.4 is 10.2 Å². The Kier molecular flexibility index (Phi) is 4.97. The summed E-state index contributed by atoms with van der Waals surface area (Å²) < 4.78 is 0. The third-order valence-corrected chi connectivity index (χ3v) is 2.55. The fourth-order valence-corrected chi connectivity index (χ4v) is 1.59. The number of benzene rings is 1. The van der Waals surface area contributed by atoms with Crippen LogP contribution in [0.2, 0.25) is 0 Å². The number of aliphatic hydroxyl groups is 1. The van der Waals surface area contributed by atoms with Gasteiger partial charge in [0.25, 0.3) is 0 Å². The third kappa shape index (κ3) is 5.71. The Bertz CT molecular complexity index is 319. The average Bonchev–Trinajstić information content (AvgIpc) is 2.27. The summed E-state index contributed by atoms with van der Waals surface area (Å²) in [7, 11) is 2.00. The maximum absolute atomic E-state index is 9.94. The molecule has 3 nitrogen and oxygen atoms in total. The first-order chi connectivity index (χ1) is 7.88. The number of likely N-dealkylation sites (N-methyl/N-ethyl adjacent to an activating group) is 1. The van der Waals surface area contributed by atoms with Gasteiger partial charge in [0.2, 0.25) is 0 Å². The molecule has 3 heteroatoms. The Balaban J connectivity index is 2.39. The summed E-state index contributed by atoms with van der Waals surface area (Å²) in [5.41, 5.74) is 1.18. The highest BCUT2D eigenvalue weighted by molar-refractivity contribution is 5.45. The van der Waals surface area contributed by atoms with E-state index in [1.165, 1.54) is 0 Å². The molecule has 96 valence electrons. The topological polar surface area (TPSA) is 35.5 Å². The molecule has 0 amide bonds. The maximum atomic E-state index is 9.94. The van der Waals surface area contributed by atoms with E-state index < -0.39 is 0 Å². The molecule has 0 radical (unpaired) electrons. The van der Waals surface area contributed by atoms with Crippen molar-refractivity contribution in [2.45, 2.75) is 32.4 Å². The second-order valence-electron chi connectivity index (χ2n) is 5.50. The van der Waals surface area contributed by atoms with Crippen LogP contribution in [0.4, 0.5) is 5.69 Å². The number of anilines is 1. The van der Waals surface area contributed by atoms with Gasteiger partial charge in [-0.1, -0.05) is 18.2 Å². The van der Waals surface area contributed by atoms with Crippen LogP contribution in [0.15, 0.2) is 30.3 Å². The molecule has 0 aliphatic carbocycles. The van der Waals surface area contributed by atoms with Crippen molar-refractivity contribution >= 4 is 5.69 Å². The van der Waals surface area contributed by atoms with Crippen LogP contribution in [0.25, 0.3) is 0 Å². The smallest absolute Gasteiger partial charge is 0.0839 e. The Morgan fingerprint density at radius 3 is 2.35 bits per heavy atom. The number of hydrogen-bond acceptors (Lipinski definition) is 3. The van der Waals surface area contributed by atoms with Crippen LogP contribution in [0, 0.1) is 0 Å². The minimum atomic E-state index is -0.362. The lowest BCUT2D eigenvalue weighted by Gasteiger charge is -2.26. The highest BCUT2D eigenvalue weighted by Crippen LogP contribution is 2.11. The van der Waals surface area contributed by atoms with E-state index in [1.54, 1.807) is 0 Å². The lowest BCUT2D eigenvalue weighted by Crippen LogP contribution is -2.44. The summed E-state index contributed by atoms with van der Waals surface area (Å²) in [6.45, 7) is 7.54. The normalized spacial score (nSPS) is 13.5. The molecule has 0 bridgehead atoms. The van der Waals surface area contributed by atoms with E-state index >= 15 is 0 Å². The monoisotopic (exact) mass is 236 g/mol. The van der Waals surface area contributed by atoms with E-state index in [0.29, 0.717) is 13.1 Å². The predicted octanol–water partition coefficient (Wildman–Crippen LogP) is 1.87. The molecule has 1 aromatic rings. The quantitative estimate of drug-likeness (QED) is 0.819. The van der Waals surface area contributed by atoms with Crippen LogP contribution in [0.3, 0.4) is 0 Å². The van der Waals surface area contributed by atoms with E-state index in [-0.39, 0.29) is 11.6 Å². The molecular formula is C14H24N2O. The van der Waals surface area contributed by atoms with Gasteiger partial charge in [-0.2, -0.15) is 0 Å². The summed E-state index contributed by atoms with van der Waals surface area (Å²) in [6, 6.07) is 10.1. The van der Waals surface area contributed by atoms with Gasteiger partial charge in [0.05, 0.1) is 6.10 Å². The first kappa shape index (κ1) is 14.0. The summed E-state index contributed by atoms with van der Waals surface area (Å²) in [5, 5.41) is 13.2. The summed E-state index contributed by atoms with van der Waals surface area (Å²) in [5.74, 6) is 0. The van der Waals surface area contributed by atoms with Gasteiger partial charge in [-0.25, -0.2) is 0 Å². The van der Waals surface area contributed by atoms with Crippen LogP contribution in [0.5, 0.6) is 0 Å². The first-order valence-corrected chi connectivity index (χ1v) is 6.08. The van der Waals surface area contributed by atoms with Gasteiger partial charge in [-0.15, -0.1) is 0 Å². The second kappa shape index (κ2) is 6.03. The molecule has 1 rings (SSSR count). The second-order valence-corrected chi connectivity index (χ2v) is 5.50. The van der Waals surface area contributed by atoms with Crippen molar-refractivity contribution in [3.05, 3.63) is 30.3 Å². The van der Waals surface area contributed by atoms with Crippen LogP contribution >= 0.6 is 0 Å². The largest absolute Gasteiger partial charge is 0.390 e. The molecule has 2 N–H and O–H groups in total. The highest BCUT2D eigenvalue weighted by Gasteiger charge is 2.13. The molecule has 0 saturated heterocycles. The van der Waals surface area contributed by atoms with Gasteiger partial charge in [-0.05, 0) is 32.9 Å². The molecule has 1 atom stereocenters. The van der Waals surface area contributed by atoms with Gasteiger partial charge in [0.1, 0.15) is 0 Å². The number of nitrogens with zero attached hydrogens (tertiary/aromatic N) is 1. The highest BCUT2D eigenvalue weighted by atomic mass is 16.3. The molecule has 0 aliphatic rings. The van der Waals surface area contributed by atoms with Crippen molar-refractivity contribution in [2.24, 2.45) is 0 Å². The Hall–Kier alpha value is -1.06. The Labute approximate surface area is 104 Å². The SMILES string of the molecule is CN(CC(O)CNC(C)(C)C)c1ccccc1. The van der Waals surface area contributed by atoms with E-state index in [9.17, 15) is 5.11 Å². The molecule has 0 heterocycles. The molecule has 0 spiro atoms. The molecule has 1 unspecified atom stereocenters. The number of para-hydroxylation sites is 1. The third-order valence-electron chi connectivity index (χ3n) is 2.55. The lowest BCUT2D eigenvalue weighted by molar-refractivity contribution is 0.167. The maximum Gasteiger partial charge on any atom is 0.0839 e. The summed E-state index contributed by atoms with van der Waals surface area (Å²) >= 11 is 0. The number of rotatable bonds is 5. The zero-order chi connectivity index (χ0) is 12.9. The Morgan fingerprint density at radius 2 is 1.82 bits per heavy atom. The molecule has 0 saturated carbocycles. The number of β-amino-alcohol motifs (C(OH)–C–C–N with tert-alkyl or cyclic N) is 1. The summed E-state index contributed by atoms with van der Waals surface area (Å²) in [6.07, 6.45) is -0.362. The predicted molar refractivity (Wildman–Crippen MR) is 73.5 cm³/mol. The van der Waals surface area contributed by atoms with Crippen molar-refractivity contribution in [1.82, 2.24) is 5.32 Å². The minimum absolute atomic E-state index is 0.0479. The average molecular weight is 236 g/mol. The summed E-state index contributed by atoms with van der Waals surface area (Å²) in [4.78, 5) is 2.06. The molecule has 0 aliphatic heterocycles.